The summed E-state index contributed by atoms with van der Waals surface area (Å²) in [5.74, 6) is -1.29. The largest absolute Gasteiger partial charge is 0.478 e. The van der Waals surface area contributed by atoms with Gasteiger partial charge in [-0.05, 0) is 42.3 Å². The maximum absolute atomic E-state index is 12.8. The van der Waals surface area contributed by atoms with Crippen molar-refractivity contribution in [3.8, 4) is 0 Å². The van der Waals surface area contributed by atoms with Gasteiger partial charge in [-0.1, -0.05) is 66.5 Å². The number of benzene rings is 2. The number of carbonyl (C=O) groups excluding carboxylic acids is 1. The van der Waals surface area contributed by atoms with Crippen molar-refractivity contribution in [3.63, 3.8) is 0 Å². The fourth-order valence-electron chi connectivity index (χ4n) is 2.53. The fourth-order valence-corrected chi connectivity index (χ4v) is 3.88. The Morgan fingerprint density at radius 3 is 2.58 bits per heavy atom. The van der Waals surface area contributed by atoms with Crippen molar-refractivity contribution < 1.29 is 14.7 Å². The number of allylic oxidation sites excluding steroid dienone is 2. The smallest absolute Gasteiger partial charge is 0.335 e. The summed E-state index contributed by atoms with van der Waals surface area (Å²) in [6, 6.07) is 16.0. The van der Waals surface area contributed by atoms with Gasteiger partial charge in [0.15, 0.2) is 4.32 Å². The third-order valence-electron chi connectivity index (χ3n) is 3.70. The molecule has 1 saturated heterocycles. The predicted octanol–water partition coefficient (Wildman–Crippen LogP) is 4.74. The van der Waals surface area contributed by atoms with Gasteiger partial charge in [-0.25, -0.2) is 4.79 Å². The number of hydrogen-bond donors (Lipinski definition) is 1. The molecule has 6 heteroatoms. The minimum absolute atomic E-state index is 0.112. The summed E-state index contributed by atoms with van der Waals surface area (Å²) >= 11 is 6.54. The highest BCUT2D eigenvalue weighted by molar-refractivity contribution is 8.27. The molecule has 4 nitrogen and oxygen atoms in total. The van der Waals surface area contributed by atoms with E-state index in [-0.39, 0.29) is 11.5 Å². The number of amides is 1. The average molecular weight is 381 g/mol. The number of thioether (sulfide) groups is 1. The van der Waals surface area contributed by atoms with Gasteiger partial charge in [-0.15, -0.1) is 0 Å². The lowest BCUT2D eigenvalue weighted by atomic mass is 10.1. The van der Waals surface area contributed by atoms with Crippen molar-refractivity contribution in [2.24, 2.45) is 0 Å². The molecule has 2 aromatic carbocycles. The van der Waals surface area contributed by atoms with Crippen molar-refractivity contribution >= 4 is 51.9 Å². The van der Waals surface area contributed by atoms with Gasteiger partial charge < -0.3 is 5.11 Å². The number of hydrogen-bond acceptors (Lipinski definition) is 4. The highest BCUT2D eigenvalue weighted by Crippen LogP contribution is 2.35. The molecule has 0 atom stereocenters. The number of anilines is 1. The maximum atomic E-state index is 12.8. The quantitative estimate of drug-likeness (QED) is 0.612. The molecule has 1 amide bonds. The first-order valence-electron chi connectivity index (χ1n) is 7.80. The molecular weight excluding hydrogens is 366 g/mol. The molecule has 0 spiro atoms. The molecule has 1 heterocycles. The van der Waals surface area contributed by atoms with Crippen molar-refractivity contribution in [1.82, 2.24) is 0 Å². The second-order valence-electron chi connectivity index (χ2n) is 5.67. The monoisotopic (exact) mass is 381 g/mol. The normalized spacial score (nSPS) is 16.4. The molecular formula is C20H15NO3S2. The Labute approximate surface area is 160 Å². The van der Waals surface area contributed by atoms with Crippen LogP contribution in [0.4, 0.5) is 5.69 Å². The fraction of sp³-hybridized carbons (Fsp3) is 0.0500. The lowest BCUT2D eigenvalue weighted by Crippen LogP contribution is -2.27. The zero-order valence-electron chi connectivity index (χ0n) is 13.9. The average Bonchev–Trinajstić information content (AvgIpc) is 2.89. The molecule has 130 valence electrons. The van der Waals surface area contributed by atoms with Crippen LogP contribution in [-0.2, 0) is 4.79 Å². The number of nitrogens with zero attached hydrogens (tertiary/aromatic N) is 1. The summed E-state index contributed by atoms with van der Waals surface area (Å²) in [6.45, 7) is 1.92. The van der Waals surface area contributed by atoms with Gasteiger partial charge in [-0.2, -0.15) is 0 Å². The number of aromatic carboxylic acids is 1. The van der Waals surface area contributed by atoms with E-state index in [1.165, 1.54) is 28.8 Å². The number of carboxylic acids is 1. The van der Waals surface area contributed by atoms with E-state index in [0.717, 1.165) is 11.1 Å². The van der Waals surface area contributed by atoms with Crippen LogP contribution in [0.5, 0.6) is 0 Å². The van der Waals surface area contributed by atoms with E-state index in [9.17, 15) is 9.59 Å². The first-order chi connectivity index (χ1) is 12.5. The minimum Gasteiger partial charge on any atom is -0.478 e. The predicted molar refractivity (Wildman–Crippen MR) is 109 cm³/mol. The molecule has 1 aliphatic rings. The van der Waals surface area contributed by atoms with Gasteiger partial charge in [0.2, 0.25) is 0 Å². The molecule has 3 rings (SSSR count). The molecule has 0 radical (unpaired) electrons. The summed E-state index contributed by atoms with van der Waals surface area (Å²) in [5.41, 5.74) is 2.54. The van der Waals surface area contributed by atoms with Crippen LogP contribution in [0.15, 0.2) is 71.2 Å². The second kappa shape index (κ2) is 7.68. The molecule has 0 aromatic heterocycles. The van der Waals surface area contributed by atoms with E-state index < -0.39 is 5.97 Å². The Bertz CT molecular complexity index is 949. The number of carbonyl (C=O) groups is 2. The number of rotatable bonds is 4. The second-order valence-corrected chi connectivity index (χ2v) is 7.35. The van der Waals surface area contributed by atoms with Gasteiger partial charge in [0, 0.05) is 0 Å². The van der Waals surface area contributed by atoms with Crippen molar-refractivity contribution in [3.05, 3.63) is 82.3 Å². The molecule has 1 fully saturated rings. The van der Waals surface area contributed by atoms with Gasteiger partial charge in [0.1, 0.15) is 0 Å². The van der Waals surface area contributed by atoms with E-state index in [1.807, 2.05) is 43.3 Å². The van der Waals surface area contributed by atoms with E-state index >= 15 is 0 Å². The minimum atomic E-state index is -1.05. The van der Waals surface area contributed by atoms with Crippen LogP contribution in [0.2, 0.25) is 0 Å². The van der Waals surface area contributed by atoms with Crippen LogP contribution >= 0.6 is 24.0 Å². The third-order valence-corrected chi connectivity index (χ3v) is 5.00. The van der Waals surface area contributed by atoms with Gasteiger partial charge in [0.25, 0.3) is 5.91 Å². The zero-order chi connectivity index (χ0) is 18.7. The van der Waals surface area contributed by atoms with Crippen molar-refractivity contribution in [2.75, 3.05) is 4.90 Å². The van der Waals surface area contributed by atoms with Gasteiger partial charge in [0.05, 0.1) is 16.2 Å². The van der Waals surface area contributed by atoms with Gasteiger partial charge in [-0.3, -0.25) is 9.69 Å². The van der Waals surface area contributed by atoms with Gasteiger partial charge >= 0.3 is 5.97 Å². The van der Waals surface area contributed by atoms with Crippen molar-refractivity contribution in [2.45, 2.75) is 6.92 Å². The van der Waals surface area contributed by atoms with Crippen LogP contribution in [0.25, 0.3) is 6.08 Å². The number of carboxylic acid groups (broad SMARTS) is 1. The first kappa shape index (κ1) is 18.1. The molecule has 2 aromatic rings. The molecule has 1 aliphatic heterocycles. The van der Waals surface area contributed by atoms with Crippen LogP contribution in [0, 0.1) is 0 Å². The lowest BCUT2D eigenvalue weighted by Gasteiger charge is -2.14. The summed E-state index contributed by atoms with van der Waals surface area (Å²) < 4.78 is 0.385. The van der Waals surface area contributed by atoms with E-state index in [0.29, 0.717) is 14.9 Å². The molecule has 26 heavy (non-hydrogen) atoms. The van der Waals surface area contributed by atoms with E-state index in [2.05, 4.69) is 0 Å². The molecule has 1 N–H and O–H groups in total. The summed E-state index contributed by atoms with van der Waals surface area (Å²) in [7, 11) is 0. The highest BCUT2D eigenvalue weighted by atomic mass is 32.2. The Morgan fingerprint density at radius 2 is 1.88 bits per heavy atom. The standard InChI is InChI=1S/C20H15NO3S2/c1-13(10-14-6-3-2-4-7-14)11-17-18(22)21(20(25)26-17)16-9-5-8-15(12-16)19(23)24/h2-12H,1H3,(H,23,24)/b13-10+,17-11-. The molecule has 0 saturated carbocycles. The Morgan fingerprint density at radius 1 is 1.15 bits per heavy atom. The van der Waals surface area contributed by atoms with Crippen molar-refractivity contribution in [1.29, 1.82) is 0 Å². The highest BCUT2D eigenvalue weighted by Gasteiger charge is 2.33. The molecule has 0 bridgehead atoms. The lowest BCUT2D eigenvalue weighted by molar-refractivity contribution is -0.113. The van der Waals surface area contributed by atoms with Crippen LogP contribution in [0.3, 0.4) is 0 Å². The summed E-state index contributed by atoms with van der Waals surface area (Å²) in [4.78, 5) is 25.8. The Hall–Kier alpha value is -2.70. The summed E-state index contributed by atoms with van der Waals surface area (Å²) in [6.07, 6.45) is 3.78. The third kappa shape index (κ3) is 3.92. The first-order valence-corrected chi connectivity index (χ1v) is 9.03. The number of thiocarbonyl (C=S) groups is 1. The SMILES string of the molecule is CC(/C=C1\SC(=S)N(c2cccc(C(=O)O)c2)C1=O)=C\c1ccccc1. The summed E-state index contributed by atoms with van der Waals surface area (Å²) in [5, 5.41) is 9.13. The zero-order valence-corrected chi connectivity index (χ0v) is 15.5. The maximum Gasteiger partial charge on any atom is 0.335 e. The van der Waals surface area contributed by atoms with E-state index in [1.54, 1.807) is 18.2 Å². The van der Waals surface area contributed by atoms with E-state index in [4.69, 9.17) is 17.3 Å². The van der Waals surface area contributed by atoms with Crippen LogP contribution in [-0.4, -0.2) is 21.3 Å². The van der Waals surface area contributed by atoms with Crippen LogP contribution < -0.4 is 4.90 Å². The van der Waals surface area contributed by atoms with Crippen LogP contribution in [0.1, 0.15) is 22.8 Å². The molecule has 0 aliphatic carbocycles. The Kier molecular flexibility index (Phi) is 5.35. The topological polar surface area (TPSA) is 57.6 Å². The Balaban J connectivity index is 1.88. The molecule has 0 unspecified atom stereocenters.